The van der Waals surface area contributed by atoms with Gasteiger partial charge in [0.15, 0.2) is 0 Å². The number of rotatable bonds is 9. The molecule has 0 aromatic rings. The number of esters is 2. The molecule has 1 rings (SSSR count). The summed E-state index contributed by atoms with van der Waals surface area (Å²) < 4.78 is 11.4. The van der Waals surface area contributed by atoms with Gasteiger partial charge in [-0.15, -0.1) is 6.58 Å². The Morgan fingerprint density at radius 2 is 1.59 bits per heavy atom. The minimum Gasteiger partial charge on any atom is -0.459 e. The van der Waals surface area contributed by atoms with Gasteiger partial charge in [-0.1, -0.05) is 11.6 Å². The van der Waals surface area contributed by atoms with Crippen LogP contribution in [0.15, 0.2) is 24.4 Å². The second-order valence-electron chi connectivity index (χ2n) is 11.9. The Balaban J connectivity index is 3.31. The van der Waals surface area contributed by atoms with Gasteiger partial charge in [0, 0.05) is 12.7 Å². The average molecular weight is 481 g/mol. The molecule has 1 saturated heterocycles. The number of ether oxygens (including phenoxy) is 2. The fourth-order valence-electron chi connectivity index (χ4n) is 3.69. The Morgan fingerprint density at radius 1 is 1.03 bits per heavy atom. The van der Waals surface area contributed by atoms with Crippen LogP contribution >= 0.6 is 0 Å². The van der Waals surface area contributed by atoms with Crippen LogP contribution in [-0.2, 0) is 28.7 Å². The third kappa shape index (κ3) is 10.4. The molecule has 1 fully saturated rings. The summed E-state index contributed by atoms with van der Waals surface area (Å²) in [7, 11) is 0. The predicted molar refractivity (Wildman–Crippen MR) is 131 cm³/mol. The van der Waals surface area contributed by atoms with Crippen molar-refractivity contribution < 1.29 is 28.7 Å². The van der Waals surface area contributed by atoms with E-state index in [0.717, 1.165) is 10.6 Å². The van der Waals surface area contributed by atoms with E-state index in [0.29, 0.717) is 19.4 Å². The van der Waals surface area contributed by atoms with Crippen molar-refractivity contribution in [3.05, 3.63) is 24.4 Å². The lowest BCUT2D eigenvalue weighted by molar-refractivity contribution is -0.195. The van der Waals surface area contributed by atoms with E-state index in [1.807, 2.05) is 53.4 Å². The molecule has 8 nitrogen and oxygen atoms in total. The molecule has 0 aliphatic carbocycles. The van der Waals surface area contributed by atoms with E-state index in [1.54, 1.807) is 33.0 Å². The monoisotopic (exact) mass is 480 g/mol. The molecular weight excluding hydrogens is 436 g/mol. The predicted octanol–water partition coefficient (Wildman–Crippen LogP) is 4.40. The molecular formula is C26H44N2O6. The maximum atomic E-state index is 13.3. The van der Waals surface area contributed by atoms with Gasteiger partial charge in [0.05, 0.1) is 5.60 Å². The third-order valence-corrected chi connectivity index (χ3v) is 4.81. The largest absolute Gasteiger partial charge is 0.459 e. The first-order valence-electron chi connectivity index (χ1n) is 11.8. The van der Waals surface area contributed by atoms with Crippen LogP contribution in [0.5, 0.6) is 0 Å². The van der Waals surface area contributed by atoms with Crippen LogP contribution in [0.4, 0.5) is 0 Å². The van der Waals surface area contributed by atoms with E-state index < -0.39 is 34.9 Å². The van der Waals surface area contributed by atoms with Gasteiger partial charge >= 0.3 is 11.9 Å². The molecule has 0 radical (unpaired) electrons. The van der Waals surface area contributed by atoms with Gasteiger partial charge in [0.25, 0.3) is 0 Å². The molecule has 0 aromatic carbocycles. The lowest BCUT2D eigenvalue weighted by atomic mass is 10.0. The molecule has 3 atom stereocenters. The zero-order chi connectivity index (χ0) is 26.5. The number of amides is 1. The van der Waals surface area contributed by atoms with Crippen LogP contribution in [-0.4, -0.2) is 63.7 Å². The minimum atomic E-state index is -0.749. The van der Waals surface area contributed by atoms with Crippen molar-refractivity contribution >= 4 is 18.3 Å². The summed E-state index contributed by atoms with van der Waals surface area (Å²) in [6.07, 6.45) is 4.69. The van der Waals surface area contributed by atoms with Gasteiger partial charge in [-0.2, -0.15) is 5.06 Å². The number of nitrogens with zero attached hydrogens (tertiary/aromatic N) is 2. The van der Waals surface area contributed by atoms with Gasteiger partial charge in [0.1, 0.15) is 23.3 Å². The zero-order valence-electron chi connectivity index (χ0n) is 22.6. The number of likely N-dealkylation sites (tertiary alicyclic amines) is 1. The van der Waals surface area contributed by atoms with Crippen LogP contribution in [0.1, 0.15) is 82.1 Å². The molecule has 0 spiro atoms. The lowest BCUT2D eigenvalue weighted by Gasteiger charge is -2.34. The average Bonchev–Trinajstić information content (AvgIpc) is 3.05. The number of carbonyl (C=O) groups excluding carboxylic acids is 3. The smallest absolute Gasteiger partial charge is 0.324 e. The zero-order valence-corrected chi connectivity index (χ0v) is 22.6. The standard InChI is InChI=1S/C26H44N2O6/c1-12-19-14-21(23(31)33-25(6,7)8)28(16-19)20(22(30)32-24(3,4)5)13-18(2)15-27(17-29)34-26(9,10)11/h12,15,17,19-21H,1,13-14,16H2,2-11H3/t19?,20-,21?/m0/s1. The van der Waals surface area contributed by atoms with Gasteiger partial charge in [0.2, 0.25) is 6.41 Å². The van der Waals surface area contributed by atoms with Crippen molar-refractivity contribution in [2.45, 2.75) is 111 Å². The van der Waals surface area contributed by atoms with E-state index >= 15 is 0 Å². The fourth-order valence-corrected chi connectivity index (χ4v) is 3.69. The summed E-state index contributed by atoms with van der Waals surface area (Å²) in [5.74, 6) is -0.784. The fraction of sp³-hybridized carbons (Fsp3) is 0.731. The quantitative estimate of drug-likeness (QED) is 0.209. The van der Waals surface area contributed by atoms with Crippen LogP contribution in [0.3, 0.4) is 0 Å². The van der Waals surface area contributed by atoms with Crippen molar-refractivity contribution in [3.63, 3.8) is 0 Å². The first kappa shape index (κ1) is 29.8. The number of hydrogen-bond acceptors (Lipinski definition) is 7. The SMILES string of the molecule is C=CC1CC(C(=O)OC(C)(C)C)N([C@@H](CC(C)=CN(C=O)OC(C)(C)C)C(=O)OC(C)(C)C)C1. The summed E-state index contributed by atoms with van der Waals surface area (Å²) in [5, 5.41) is 1.10. The summed E-state index contributed by atoms with van der Waals surface area (Å²) in [6.45, 7) is 22.5. The Labute approximate surface area is 205 Å². The molecule has 0 saturated carbocycles. The maximum absolute atomic E-state index is 13.3. The van der Waals surface area contributed by atoms with E-state index in [4.69, 9.17) is 14.3 Å². The molecule has 1 aliphatic rings. The molecule has 1 amide bonds. The first-order valence-corrected chi connectivity index (χ1v) is 11.8. The highest BCUT2D eigenvalue weighted by Crippen LogP contribution is 2.31. The van der Waals surface area contributed by atoms with Gasteiger partial charge in [-0.25, -0.2) is 0 Å². The topological polar surface area (TPSA) is 85.4 Å². The Bertz CT molecular complexity index is 770. The number of carbonyl (C=O) groups is 3. The lowest BCUT2D eigenvalue weighted by Crippen LogP contribution is -2.50. The molecule has 0 bridgehead atoms. The molecule has 194 valence electrons. The first-order chi connectivity index (χ1) is 15.3. The van der Waals surface area contributed by atoms with E-state index in [2.05, 4.69) is 6.58 Å². The second-order valence-corrected chi connectivity index (χ2v) is 11.9. The van der Waals surface area contributed by atoms with Crippen molar-refractivity contribution in [1.29, 1.82) is 0 Å². The minimum absolute atomic E-state index is 0.0300. The normalized spacial score (nSPS) is 21.1. The molecule has 8 heteroatoms. The summed E-state index contributed by atoms with van der Waals surface area (Å²) >= 11 is 0. The number of hydroxylamine groups is 2. The van der Waals surface area contributed by atoms with Gasteiger partial charge in [-0.05, 0) is 88.0 Å². The molecule has 34 heavy (non-hydrogen) atoms. The molecule has 1 aliphatic heterocycles. The highest BCUT2D eigenvalue weighted by Gasteiger charge is 2.44. The van der Waals surface area contributed by atoms with E-state index in [-0.39, 0.29) is 18.3 Å². The van der Waals surface area contributed by atoms with Crippen molar-refractivity contribution in [1.82, 2.24) is 9.96 Å². The Morgan fingerprint density at radius 3 is 2.03 bits per heavy atom. The van der Waals surface area contributed by atoms with Crippen molar-refractivity contribution in [2.75, 3.05) is 6.54 Å². The summed E-state index contributed by atoms with van der Waals surface area (Å²) in [6, 6.07) is -1.36. The van der Waals surface area contributed by atoms with Crippen LogP contribution in [0, 0.1) is 5.92 Å². The molecule has 0 aromatic heterocycles. The molecule has 0 N–H and O–H groups in total. The molecule has 1 heterocycles. The van der Waals surface area contributed by atoms with E-state index in [1.165, 1.54) is 0 Å². The Hall–Kier alpha value is -2.19. The Kier molecular flexibility index (Phi) is 10.1. The van der Waals surface area contributed by atoms with Gasteiger partial charge < -0.3 is 9.47 Å². The highest BCUT2D eigenvalue weighted by molar-refractivity contribution is 5.81. The second kappa shape index (κ2) is 11.5. The van der Waals surface area contributed by atoms with Crippen LogP contribution < -0.4 is 0 Å². The van der Waals surface area contributed by atoms with Crippen molar-refractivity contribution in [2.24, 2.45) is 5.92 Å². The molecule has 2 unspecified atom stereocenters. The number of hydrogen-bond donors (Lipinski definition) is 0. The van der Waals surface area contributed by atoms with Gasteiger partial charge in [-0.3, -0.25) is 24.1 Å². The van der Waals surface area contributed by atoms with Crippen LogP contribution in [0.2, 0.25) is 0 Å². The van der Waals surface area contributed by atoms with Crippen molar-refractivity contribution in [3.8, 4) is 0 Å². The summed E-state index contributed by atoms with van der Waals surface area (Å²) in [4.78, 5) is 45.4. The maximum Gasteiger partial charge on any atom is 0.324 e. The third-order valence-electron chi connectivity index (χ3n) is 4.81. The summed E-state index contributed by atoms with van der Waals surface area (Å²) in [5.41, 5.74) is -1.20. The van der Waals surface area contributed by atoms with Crippen LogP contribution in [0.25, 0.3) is 0 Å². The highest BCUT2D eigenvalue weighted by atomic mass is 16.7. The van der Waals surface area contributed by atoms with E-state index in [9.17, 15) is 14.4 Å².